The lowest BCUT2D eigenvalue weighted by atomic mass is 10.1. The summed E-state index contributed by atoms with van der Waals surface area (Å²) < 4.78 is 0. The number of hydrogen-bond donors (Lipinski definition) is 3. The van der Waals surface area contributed by atoms with Crippen molar-refractivity contribution in [1.29, 1.82) is 5.41 Å². The minimum Gasteiger partial charge on any atom is -0.393 e. The Balaban J connectivity index is 1.61. The van der Waals surface area contributed by atoms with E-state index < -0.39 is 0 Å². The fourth-order valence-electron chi connectivity index (χ4n) is 3.29. The molecule has 0 spiro atoms. The first-order valence-electron chi connectivity index (χ1n) is 9.26. The fourth-order valence-corrected chi connectivity index (χ4v) is 3.29. The molecule has 4 rings (SSSR count). The molecule has 142 valence electrons. The first-order valence-corrected chi connectivity index (χ1v) is 9.26. The maximum atomic E-state index is 7.58. The van der Waals surface area contributed by atoms with E-state index in [1.165, 1.54) is 19.1 Å². The van der Waals surface area contributed by atoms with Crippen molar-refractivity contribution in [3.63, 3.8) is 0 Å². The van der Waals surface area contributed by atoms with E-state index in [-0.39, 0.29) is 0 Å². The van der Waals surface area contributed by atoms with Crippen LogP contribution in [-0.2, 0) is 0 Å². The average molecular weight is 374 g/mol. The van der Waals surface area contributed by atoms with Gasteiger partial charge in [0.1, 0.15) is 5.82 Å². The van der Waals surface area contributed by atoms with Gasteiger partial charge in [0.2, 0.25) is 0 Å². The van der Waals surface area contributed by atoms with Gasteiger partial charge in [-0.3, -0.25) is 4.98 Å². The summed E-state index contributed by atoms with van der Waals surface area (Å²) in [4.78, 5) is 11.4. The highest BCUT2D eigenvalue weighted by Crippen LogP contribution is 2.23. The van der Waals surface area contributed by atoms with Crippen molar-refractivity contribution >= 4 is 40.1 Å². The van der Waals surface area contributed by atoms with Crippen LogP contribution in [0.1, 0.15) is 18.4 Å². The lowest BCUT2D eigenvalue weighted by molar-refractivity contribution is 0.939. The molecule has 1 aliphatic heterocycles. The Labute approximate surface area is 163 Å². The zero-order chi connectivity index (χ0) is 19.3. The van der Waals surface area contributed by atoms with Crippen molar-refractivity contribution in [3.05, 3.63) is 48.4 Å². The average Bonchev–Trinajstić information content (AvgIpc) is 3.27. The predicted octanol–water partition coefficient (Wildman–Crippen LogP) is 2.97. The second kappa shape index (κ2) is 7.99. The summed E-state index contributed by atoms with van der Waals surface area (Å²) in [5, 5.41) is 22.1. The number of rotatable bonds is 6. The molecule has 0 amide bonds. The Morgan fingerprint density at radius 3 is 2.75 bits per heavy atom. The van der Waals surface area contributed by atoms with Gasteiger partial charge in [-0.2, -0.15) is 5.10 Å². The van der Waals surface area contributed by atoms with Crippen molar-refractivity contribution in [3.8, 4) is 0 Å². The van der Waals surface area contributed by atoms with E-state index in [0.717, 1.165) is 40.9 Å². The molecule has 0 bridgehead atoms. The van der Waals surface area contributed by atoms with Gasteiger partial charge in [0.05, 0.1) is 22.9 Å². The second-order valence-electron chi connectivity index (χ2n) is 6.61. The van der Waals surface area contributed by atoms with E-state index in [4.69, 9.17) is 5.41 Å². The molecule has 0 aliphatic carbocycles. The molecule has 1 saturated heterocycles. The number of nitrogens with zero attached hydrogens (tertiary/aromatic N) is 5. The van der Waals surface area contributed by atoms with Gasteiger partial charge in [0, 0.05) is 56.0 Å². The minimum absolute atomic E-state index is 0.663. The van der Waals surface area contributed by atoms with Crippen LogP contribution in [0.25, 0.3) is 16.6 Å². The molecule has 1 fully saturated rings. The number of nitrogens with one attached hydrogen (secondary N) is 3. The Morgan fingerprint density at radius 1 is 1.11 bits per heavy atom. The third kappa shape index (κ3) is 3.75. The van der Waals surface area contributed by atoms with Gasteiger partial charge in [-0.25, -0.2) is 4.98 Å². The van der Waals surface area contributed by atoms with Gasteiger partial charge in [0.25, 0.3) is 0 Å². The second-order valence-corrected chi connectivity index (χ2v) is 6.61. The van der Waals surface area contributed by atoms with Gasteiger partial charge >= 0.3 is 0 Å². The summed E-state index contributed by atoms with van der Waals surface area (Å²) in [5.74, 6) is 1.34. The molecule has 3 N–H and O–H groups in total. The summed E-state index contributed by atoms with van der Waals surface area (Å²) in [7, 11) is 1.80. The molecule has 0 radical (unpaired) electrons. The lowest BCUT2D eigenvalue weighted by Crippen LogP contribution is -2.18. The smallest absolute Gasteiger partial charge is 0.156 e. The Hall–Kier alpha value is -3.55. The first kappa shape index (κ1) is 17.8. The third-order valence-electron chi connectivity index (χ3n) is 4.69. The fraction of sp³-hybridized carbons (Fsp3) is 0.250. The standard InChI is InChI=1S/C20H22N8/c1-22-11-15(10-21)14-8-18-17(23-12-14)4-5-19(25-18)26-20-9-16(13-24-27-20)28-6-2-3-7-28/h4-5,8-13,21-22H,2-3,6-7H2,1H3,(H,25,26,27)/b15-11+,21-10?. The van der Waals surface area contributed by atoms with E-state index in [1.54, 1.807) is 25.6 Å². The van der Waals surface area contributed by atoms with Gasteiger partial charge < -0.3 is 20.9 Å². The van der Waals surface area contributed by atoms with E-state index in [1.807, 2.05) is 24.3 Å². The number of pyridine rings is 2. The van der Waals surface area contributed by atoms with Crippen LogP contribution in [0.2, 0.25) is 0 Å². The molecular weight excluding hydrogens is 352 g/mol. The molecule has 0 atom stereocenters. The van der Waals surface area contributed by atoms with E-state index in [0.29, 0.717) is 11.6 Å². The number of aromatic nitrogens is 4. The molecule has 0 unspecified atom stereocenters. The largest absolute Gasteiger partial charge is 0.393 e. The Morgan fingerprint density at radius 2 is 1.96 bits per heavy atom. The minimum atomic E-state index is 0.663. The molecule has 0 saturated carbocycles. The molecule has 28 heavy (non-hydrogen) atoms. The molecule has 1 aliphatic rings. The molecule has 3 aromatic rings. The van der Waals surface area contributed by atoms with Gasteiger partial charge in [-0.15, -0.1) is 5.10 Å². The van der Waals surface area contributed by atoms with Crippen LogP contribution in [0.3, 0.4) is 0 Å². The van der Waals surface area contributed by atoms with E-state index >= 15 is 0 Å². The highest BCUT2D eigenvalue weighted by molar-refractivity contribution is 6.08. The van der Waals surface area contributed by atoms with Crippen LogP contribution in [0.5, 0.6) is 0 Å². The SMILES string of the molecule is CN/C=C(\C=N)c1cnc2ccc(Nc3cc(N4CCCC4)cnn3)nc2c1. The first-order chi connectivity index (χ1) is 13.8. The van der Waals surface area contributed by atoms with Crippen LogP contribution in [0.4, 0.5) is 17.3 Å². The van der Waals surface area contributed by atoms with Crippen molar-refractivity contribution < 1.29 is 0 Å². The van der Waals surface area contributed by atoms with E-state index in [2.05, 4.69) is 35.7 Å². The van der Waals surface area contributed by atoms with E-state index in [9.17, 15) is 0 Å². The maximum Gasteiger partial charge on any atom is 0.156 e. The maximum absolute atomic E-state index is 7.58. The third-order valence-corrected chi connectivity index (χ3v) is 4.69. The van der Waals surface area contributed by atoms with Gasteiger partial charge in [-0.1, -0.05) is 0 Å². The Bertz CT molecular complexity index is 1020. The lowest BCUT2D eigenvalue weighted by Gasteiger charge is -2.17. The molecule has 3 aromatic heterocycles. The number of hydrogen-bond acceptors (Lipinski definition) is 8. The monoisotopic (exact) mass is 374 g/mol. The predicted molar refractivity (Wildman–Crippen MR) is 112 cm³/mol. The molecule has 8 heteroatoms. The molecule has 4 heterocycles. The molecule has 0 aromatic carbocycles. The van der Waals surface area contributed by atoms with Crippen molar-refractivity contribution in [2.24, 2.45) is 0 Å². The number of allylic oxidation sites excluding steroid dienone is 1. The Kier molecular flexibility index (Phi) is 5.09. The molecular formula is C20H22N8. The normalized spacial score (nSPS) is 14.3. The van der Waals surface area contributed by atoms with Crippen molar-refractivity contribution in [2.45, 2.75) is 12.8 Å². The topological polar surface area (TPSA) is 103 Å². The highest BCUT2D eigenvalue weighted by Gasteiger charge is 2.13. The number of fused-ring (bicyclic) bond motifs is 1. The highest BCUT2D eigenvalue weighted by atomic mass is 15.2. The summed E-state index contributed by atoms with van der Waals surface area (Å²) in [6.45, 7) is 2.12. The van der Waals surface area contributed by atoms with Crippen molar-refractivity contribution in [2.75, 3.05) is 30.4 Å². The van der Waals surface area contributed by atoms with Crippen LogP contribution in [-0.4, -0.2) is 46.5 Å². The summed E-state index contributed by atoms with van der Waals surface area (Å²) in [6, 6.07) is 7.72. The van der Waals surface area contributed by atoms with Gasteiger partial charge in [0.15, 0.2) is 5.82 Å². The van der Waals surface area contributed by atoms with Crippen LogP contribution >= 0.6 is 0 Å². The molecule has 8 nitrogen and oxygen atoms in total. The quantitative estimate of drug-likeness (QED) is 0.570. The van der Waals surface area contributed by atoms with Crippen LogP contribution < -0.4 is 15.5 Å². The zero-order valence-electron chi connectivity index (χ0n) is 15.7. The van der Waals surface area contributed by atoms with Crippen molar-refractivity contribution in [1.82, 2.24) is 25.5 Å². The number of anilines is 3. The van der Waals surface area contributed by atoms with Crippen LogP contribution in [0, 0.1) is 5.41 Å². The van der Waals surface area contributed by atoms with Crippen LogP contribution in [0.15, 0.2) is 42.9 Å². The summed E-state index contributed by atoms with van der Waals surface area (Å²) >= 11 is 0. The summed E-state index contributed by atoms with van der Waals surface area (Å²) in [5.41, 5.74) is 4.18. The van der Waals surface area contributed by atoms with Gasteiger partial charge in [-0.05, 0) is 31.0 Å². The summed E-state index contributed by atoms with van der Waals surface area (Å²) in [6.07, 6.45) is 9.03. The zero-order valence-corrected chi connectivity index (χ0v) is 15.7.